The number of benzene rings is 1. The highest BCUT2D eigenvalue weighted by molar-refractivity contribution is 5.74. The van der Waals surface area contributed by atoms with Crippen molar-refractivity contribution in [2.24, 2.45) is 0 Å². The van der Waals surface area contributed by atoms with Crippen molar-refractivity contribution >= 4 is 6.03 Å². The molecule has 2 amide bonds. The van der Waals surface area contributed by atoms with Gasteiger partial charge in [0, 0.05) is 13.1 Å². The minimum Gasteiger partial charge on any atom is -0.492 e. The molecule has 4 nitrogen and oxygen atoms in total. The van der Waals surface area contributed by atoms with E-state index in [0.717, 1.165) is 31.7 Å². The summed E-state index contributed by atoms with van der Waals surface area (Å²) in [4.78, 5) is 13.9. The fraction of sp³-hybridized carbons (Fsp3) is 0.632. The topological polar surface area (TPSA) is 41.6 Å². The maximum absolute atomic E-state index is 12.0. The molecule has 0 heterocycles. The zero-order chi connectivity index (χ0) is 17.3. The molecule has 0 fully saturated rings. The molecule has 1 N–H and O–H groups in total. The van der Waals surface area contributed by atoms with E-state index < -0.39 is 0 Å². The van der Waals surface area contributed by atoms with Crippen molar-refractivity contribution in [1.82, 2.24) is 10.2 Å². The van der Waals surface area contributed by atoms with E-state index in [9.17, 15) is 4.79 Å². The van der Waals surface area contributed by atoms with Gasteiger partial charge < -0.3 is 15.0 Å². The Balaban J connectivity index is 2.35. The fourth-order valence-electron chi connectivity index (χ4n) is 2.34. The summed E-state index contributed by atoms with van der Waals surface area (Å²) < 4.78 is 5.69. The van der Waals surface area contributed by atoms with E-state index in [0.29, 0.717) is 13.2 Å². The molecule has 1 aromatic rings. The van der Waals surface area contributed by atoms with Crippen LogP contribution in [0.25, 0.3) is 0 Å². The summed E-state index contributed by atoms with van der Waals surface area (Å²) in [7, 11) is 0. The molecule has 0 atom stereocenters. The highest BCUT2D eigenvalue weighted by Crippen LogP contribution is 2.24. The zero-order valence-corrected chi connectivity index (χ0v) is 15.3. The van der Waals surface area contributed by atoms with E-state index in [1.165, 1.54) is 5.56 Å². The molecule has 130 valence electrons. The molecule has 0 bridgehead atoms. The number of nitrogens with one attached hydrogen (secondary N) is 1. The smallest absolute Gasteiger partial charge is 0.317 e. The number of amides is 2. The monoisotopic (exact) mass is 320 g/mol. The van der Waals surface area contributed by atoms with Crippen LogP contribution in [0.3, 0.4) is 0 Å². The number of ether oxygens (including phenoxy) is 1. The lowest BCUT2D eigenvalue weighted by molar-refractivity contribution is 0.194. The fourth-order valence-corrected chi connectivity index (χ4v) is 2.34. The van der Waals surface area contributed by atoms with E-state index >= 15 is 0 Å². The summed E-state index contributed by atoms with van der Waals surface area (Å²) in [5.41, 5.74) is 1.43. The lowest BCUT2D eigenvalue weighted by atomic mass is 9.87. The Morgan fingerprint density at radius 3 is 2.13 bits per heavy atom. The van der Waals surface area contributed by atoms with Crippen molar-refractivity contribution in [3.8, 4) is 5.75 Å². The second-order valence-corrected chi connectivity index (χ2v) is 6.84. The first kappa shape index (κ1) is 19.3. The van der Waals surface area contributed by atoms with Crippen LogP contribution in [-0.4, -0.2) is 37.2 Å². The molecule has 0 radical (unpaired) electrons. The minimum atomic E-state index is 0.000352. The van der Waals surface area contributed by atoms with E-state index in [1.54, 1.807) is 0 Å². The van der Waals surface area contributed by atoms with Gasteiger partial charge in [0.1, 0.15) is 12.4 Å². The quantitative estimate of drug-likeness (QED) is 0.730. The molecule has 0 aliphatic carbocycles. The Morgan fingerprint density at radius 1 is 1.09 bits per heavy atom. The standard InChI is InChI=1S/C19H32N2O2/c1-6-13-21(14-7-2)18(22)20-12-15-23-17-10-8-16(9-11-17)19(3,4)5/h8-11H,6-7,12-15H2,1-5H3,(H,20,22). The molecular formula is C19H32N2O2. The van der Waals surface area contributed by atoms with Crippen molar-refractivity contribution in [2.45, 2.75) is 52.9 Å². The first-order valence-electron chi connectivity index (χ1n) is 8.64. The number of hydrogen-bond acceptors (Lipinski definition) is 2. The van der Waals surface area contributed by atoms with Gasteiger partial charge in [-0.05, 0) is 36.0 Å². The highest BCUT2D eigenvalue weighted by Gasteiger charge is 2.13. The van der Waals surface area contributed by atoms with Gasteiger partial charge in [-0.1, -0.05) is 46.8 Å². The van der Waals surface area contributed by atoms with Crippen molar-refractivity contribution in [2.75, 3.05) is 26.2 Å². The Bertz CT molecular complexity index is 457. The van der Waals surface area contributed by atoms with E-state index in [2.05, 4.69) is 52.1 Å². The maximum atomic E-state index is 12.0. The SMILES string of the molecule is CCCN(CCC)C(=O)NCCOc1ccc(C(C)(C)C)cc1. The Morgan fingerprint density at radius 2 is 1.65 bits per heavy atom. The summed E-state index contributed by atoms with van der Waals surface area (Å²) in [6, 6.07) is 8.17. The molecule has 1 rings (SSSR count). The highest BCUT2D eigenvalue weighted by atomic mass is 16.5. The predicted molar refractivity (Wildman–Crippen MR) is 96.2 cm³/mol. The number of rotatable bonds is 8. The van der Waals surface area contributed by atoms with Gasteiger partial charge in [0.05, 0.1) is 6.54 Å². The molecule has 1 aromatic carbocycles. The van der Waals surface area contributed by atoms with Crippen LogP contribution in [0.2, 0.25) is 0 Å². The lowest BCUT2D eigenvalue weighted by Gasteiger charge is -2.22. The van der Waals surface area contributed by atoms with Crippen LogP contribution in [-0.2, 0) is 5.41 Å². The number of nitrogens with zero attached hydrogens (tertiary/aromatic N) is 1. The van der Waals surface area contributed by atoms with Crippen molar-refractivity contribution in [3.63, 3.8) is 0 Å². The molecule has 0 saturated carbocycles. The molecule has 0 saturated heterocycles. The molecule has 4 heteroatoms. The van der Waals surface area contributed by atoms with Crippen molar-refractivity contribution < 1.29 is 9.53 Å². The van der Waals surface area contributed by atoms with Crippen molar-refractivity contribution in [3.05, 3.63) is 29.8 Å². The number of carbonyl (C=O) groups excluding carboxylic acids is 1. The van der Waals surface area contributed by atoms with Gasteiger partial charge >= 0.3 is 6.03 Å². The van der Waals surface area contributed by atoms with Crippen LogP contribution < -0.4 is 10.1 Å². The zero-order valence-electron chi connectivity index (χ0n) is 15.3. The van der Waals surface area contributed by atoms with Crippen LogP contribution in [0.1, 0.15) is 53.0 Å². The normalized spacial score (nSPS) is 11.2. The van der Waals surface area contributed by atoms with Gasteiger partial charge in [0.2, 0.25) is 0 Å². The Kier molecular flexibility index (Phi) is 7.93. The van der Waals surface area contributed by atoms with Gasteiger partial charge in [0.15, 0.2) is 0 Å². The molecule has 0 aliphatic rings. The van der Waals surface area contributed by atoms with Crippen molar-refractivity contribution in [1.29, 1.82) is 0 Å². The molecule has 0 aliphatic heterocycles. The summed E-state index contributed by atoms with van der Waals surface area (Å²) >= 11 is 0. The third kappa shape index (κ3) is 6.93. The molecular weight excluding hydrogens is 288 g/mol. The number of hydrogen-bond donors (Lipinski definition) is 1. The van der Waals surface area contributed by atoms with E-state index in [-0.39, 0.29) is 11.4 Å². The van der Waals surface area contributed by atoms with Gasteiger partial charge in [-0.15, -0.1) is 0 Å². The lowest BCUT2D eigenvalue weighted by Crippen LogP contribution is -2.42. The first-order chi connectivity index (χ1) is 10.9. The van der Waals surface area contributed by atoms with Crippen LogP contribution in [0.15, 0.2) is 24.3 Å². The maximum Gasteiger partial charge on any atom is 0.317 e. The van der Waals surface area contributed by atoms with E-state index in [4.69, 9.17) is 4.74 Å². The Labute approximate surface area is 141 Å². The van der Waals surface area contributed by atoms with Gasteiger partial charge in [-0.3, -0.25) is 0 Å². The number of carbonyl (C=O) groups is 1. The average molecular weight is 320 g/mol. The molecule has 0 unspecified atom stereocenters. The minimum absolute atomic E-state index is 0.000352. The van der Waals surface area contributed by atoms with Crippen LogP contribution in [0, 0.1) is 0 Å². The predicted octanol–water partition coefficient (Wildman–Crippen LogP) is 4.19. The summed E-state index contributed by atoms with van der Waals surface area (Å²) in [6.07, 6.45) is 1.95. The van der Waals surface area contributed by atoms with Crippen LogP contribution >= 0.6 is 0 Å². The molecule has 23 heavy (non-hydrogen) atoms. The van der Waals surface area contributed by atoms with Gasteiger partial charge in [0.25, 0.3) is 0 Å². The van der Waals surface area contributed by atoms with Gasteiger partial charge in [-0.2, -0.15) is 0 Å². The van der Waals surface area contributed by atoms with Gasteiger partial charge in [-0.25, -0.2) is 4.79 Å². The van der Waals surface area contributed by atoms with E-state index in [1.807, 2.05) is 17.0 Å². The third-order valence-corrected chi connectivity index (χ3v) is 3.64. The molecule has 0 aromatic heterocycles. The summed E-state index contributed by atoms with van der Waals surface area (Å²) in [5, 5.41) is 2.92. The second-order valence-electron chi connectivity index (χ2n) is 6.84. The largest absolute Gasteiger partial charge is 0.492 e. The summed E-state index contributed by atoms with van der Waals surface area (Å²) in [6.45, 7) is 13.3. The van der Waals surface area contributed by atoms with Crippen LogP contribution in [0.4, 0.5) is 4.79 Å². The van der Waals surface area contributed by atoms with Crippen LogP contribution in [0.5, 0.6) is 5.75 Å². The second kappa shape index (κ2) is 9.43. The molecule has 0 spiro atoms. The third-order valence-electron chi connectivity index (χ3n) is 3.64. The number of urea groups is 1. The first-order valence-corrected chi connectivity index (χ1v) is 8.64. The Hall–Kier alpha value is -1.71. The summed E-state index contributed by atoms with van der Waals surface area (Å²) in [5.74, 6) is 0.839. The average Bonchev–Trinajstić information content (AvgIpc) is 2.50.